The minimum Gasteiger partial charge on any atom is -1.00 e. The standard InChI is InChI=1S/C25H34O6.K.H/c1-23-7-4-14(26)10-13(23)11-16(22(29)31-3)20-17(23)5-8-24(2)21(20)15-12-18(15)25(24,30)9-6-19(27)28;;/h10,15-18,20-21,30H,4-9,11-12H2,1-3H3,(H,27,28);;/q;+1;-1/t15-,16-,17+,18+,20-,21+,23+,24+,25+;;/m1../s1. The van der Waals surface area contributed by atoms with E-state index >= 15 is 0 Å². The molecule has 0 unspecified atom stereocenters. The number of hydrogen-bond acceptors (Lipinski definition) is 5. The molecule has 0 radical (unpaired) electrons. The Morgan fingerprint density at radius 3 is 2.62 bits per heavy atom. The Kier molecular flexibility index (Phi) is 6.47. The predicted octanol–water partition coefficient (Wildman–Crippen LogP) is 0.486. The van der Waals surface area contributed by atoms with Gasteiger partial charge in [-0.15, -0.1) is 0 Å². The first-order valence-electron chi connectivity index (χ1n) is 11.8. The van der Waals surface area contributed by atoms with E-state index in [4.69, 9.17) is 4.74 Å². The summed E-state index contributed by atoms with van der Waals surface area (Å²) in [6.07, 6.45) is 6.65. The SMILES string of the molecule is COC(=O)[C@@H]1CC2=CC(=O)CC[C@]2(C)[C@H]2CC[C@@]3(C)[C@@H]([C@@H]4C[C@@H]4[C@@]3(O)CCC(=O)O)[C@H]12.[H-].[K+]. The maximum atomic E-state index is 13.0. The van der Waals surface area contributed by atoms with Crippen LogP contribution in [0.1, 0.15) is 66.6 Å². The number of aliphatic carboxylic acids is 1. The quantitative estimate of drug-likeness (QED) is 0.458. The van der Waals surface area contributed by atoms with Gasteiger partial charge in [0.2, 0.25) is 0 Å². The van der Waals surface area contributed by atoms with Crippen LogP contribution < -0.4 is 51.4 Å². The number of carbonyl (C=O) groups is 3. The van der Waals surface area contributed by atoms with Crippen molar-refractivity contribution in [3.8, 4) is 0 Å². The maximum Gasteiger partial charge on any atom is 1.00 e. The number of carboxylic acid groups (broad SMARTS) is 1. The number of rotatable bonds is 4. The molecular weight excluding hydrogens is 435 g/mol. The normalized spacial score (nSPS) is 48.2. The number of hydrogen-bond donors (Lipinski definition) is 2. The second-order valence-electron chi connectivity index (χ2n) is 11.4. The van der Waals surface area contributed by atoms with Gasteiger partial charge in [-0.3, -0.25) is 14.4 Å². The molecule has 5 aliphatic rings. The van der Waals surface area contributed by atoms with Crippen LogP contribution in [0.25, 0.3) is 0 Å². The number of fused-ring (bicyclic) bond motifs is 7. The van der Waals surface area contributed by atoms with Gasteiger partial charge in [0.15, 0.2) is 5.78 Å². The van der Waals surface area contributed by atoms with E-state index < -0.39 is 11.6 Å². The van der Waals surface area contributed by atoms with Crippen molar-refractivity contribution in [1.29, 1.82) is 0 Å². The van der Waals surface area contributed by atoms with E-state index in [9.17, 15) is 24.6 Å². The van der Waals surface area contributed by atoms with Crippen LogP contribution in [0.2, 0.25) is 0 Å². The predicted molar refractivity (Wildman–Crippen MR) is 113 cm³/mol. The molecular formula is C25H35KO6. The van der Waals surface area contributed by atoms with Crippen LogP contribution in [0.15, 0.2) is 11.6 Å². The second-order valence-corrected chi connectivity index (χ2v) is 11.4. The second kappa shape index (κ2) is 8.27. The molecule has 0 heterocycles. The molecule has 0 bridgehead atoms. The molecule has 9 atom stereocenters. The molecule has 0 aliphatic heterocycles. The fourth-order valence-electron chi connectivity index (χ4n) is 8.83. The number of ketones is 1. The van der Waals surface area contributed by atoms with Crippen LogP contribution in [0, 0.1) is 46.3 Å². The number of ether oxygens (including phenoxy) is 1. The number of esters is 1. The van der Waals surface area contributed by atoms with Crippen molar-refractivity contribution in [2.45, 2.75) is 70.8 Å². The monoisotopic (exact) mass is 470 g/mol. The van der Waals surface area contributed by atoms with Crippen LogP contribution in [-0.2, 0) is 19.1 Å². The summed E-state index contributed by atoms with van der Waals surface area (Å²) in [5.74, 6) is -0.158. The third-order valence-corrected chi connectivity index (χ3v) is 10.4. The molecule has 0 amide bonds. The first-order chi connectivity index (χ1) is 14.6. The van der Waals surface area contributed by atoms with E-state index in [1.807, 2.05) is 0 Å². The Morgan fingerprint density at radius 2 is 1.97 bits per heavy atom. The zero-order chi connectivity index (χ0) is 22.3. The van der Waals surface area contributed by atoms with Crippen LogP contribution >= 0.6 is 0 Å². The van der Waals surface area contributed by atoms with Gasteiger partial charge >= 0.3 is 63.3 Å². The summed E-state index contributed by atoms with van der Waals surface area (Å²) in [7, 11) is 1.44. The topological polar surface area (TPSA) is 101 Å². The number of carbonyl (C=O) groups excluding carboxylic acids is 2. The minimum atomic E-state index is -0.980. The average molecular weight is 471 g/mol. The Bertz CT molecular complexity index is 890. The number of aliphatic hydroxyl groups is 1. The zero-order valence-corrected chi connectivity index (χ0v) is 22.8. The fraction of sp³-hybridized carbons (Fsp3) is 0.800. The summed E-state index contributed by atoms with van der Waals surface area (Å²) < 4.78 is 5.25. The van der Waals surface area contributed by atoms with Crippen molar-refractivity contribution >= 4 is 17.7 Å². The maximum absolute atomic E-state index is 13.0. The van der Waals surface area contributed by atoms with Crippen molar-refractivity contribution in [1.82, 2.24) is 0 Å². The molecule has 0 aromatic heterocycles. The van der Waals surface area contributed by atoms with Gasteiger partial charge in [-0.25, -0.2) is 0 Å². The zero-order valence-electron chi connectivity index (χ0n) is 20.7. The van der Waals surface area contributed by atoms with Gasteiger partial charge in [-0.1, -0.05) is 19.4 Å². The van der Waals surface area contributed by atoms with Crippen molar-refractivity contribution in [3.05, 3.63) is 11.6 Å². The average Bonchev–Trinajstić information content (AvgIpc) is 3.48. The summed E-state index contributed by atoms with van der Waals surface area (Å²) >= 11 is 0. The van der Waals surface area contributed by atoms with Gasteiger partial charge in [0.1, 0.15) is 0 Å². The van der Waals surface area contributed by atoms with Gasteiger partial charge in [-0.2, -0.15) is 0 Å². The largest absolute Gasteiger partial charge is 1.00 e. The van der Waals surface area contributed by atoms with Gasteiger partial charge in [0.25, 0.3) is 0 Å². The van der Waals surface area contributed by atoms with E-state index in [2.05, 4.69) is 13.8 Å². The number of allylic oxidation sites excluding steroid dienone is 1. The molecule has 0 aromatic rings. The third kappa shape index (κ3) is 3.32. The summed E-state index contributed by atoms with van der Waals surface area (Å²) in [6, 6.07) is 0. The van der Waals surface area contributed by atoms with Crippen LogP contribution in [0.3, 0.4) is 0 Å². The molecule has 5 rings (SSSR count). The summed E-state index contributed by atoms with van der Waals surface area (Å²) in [6.45, 7) is 4.42. The summed E-state index contributed by atoms with van der Waals surface area (Å²) in [5.41, 5.74) is -0.343. The van der Waals surface area contributed by atoms with Crippen molar-refractivity contribution in [2.75, 3.05) is 7.11 Å². The molecule has 7 heteroatoms. The smallest absolute Gasteiger partial charge is 1.00 e. The Labute approximate surface area is 233 Å². The molecule has 2 N–H and O–H groups in total. The third-order valence-electron chi connectivity index (χ3n) is 10.4. The number of carboxylic acids is 1. The van der Waals surface area contributed by atoms with Gasteiger partial charge in [0, 0.05) is 18.3 Å². The molecule has 0 aromatic carbocycles. The van der Waals surface area contributed by atoms with E-state index in [1.165, 1.54) is 7.11 Å². The molecule has 4 fully saturated rings. The summed E-state index contributed by atoms with van der Waals surface area (Å²) in [5, 5.41) is 21.2. The Hall–Kier alpha value is -0.0536. The van der Waals surface area contributed by atoms with E-state index in [0.29, 0.717) is 18.8 Å². The van der Waals surface area contributed by atoms with Gasteiger partial charge < -0.3 is 16.4 Å². The fourth-order valence-corrected chi connectivity index (χ4v) is 8.83. The van der Waals surface area contributed by atoms with Crippen LogP contribution in [-0.4, -0.2) is 40.6 Å². The van der Waals surface area contributed by atoms with E-state index in [0.717, 1.165) is 31.3 Å². The Balaban J connectivity index is 0.00000153. The summed E-state index contributed by atoms with van der Waals surface area (Å²) in [4.78, 5) is 36.5. The molecule has 0 saturated heterocycles. The van der Waals surface area contributed by atoms with Crippen molar-refractivity contribution in [2.24, 2.45) is 46.3 Å². The van der Waals surface area contributed by atoms with Crippen LogP contribution in [0.4, 0.5) is 0 Å². The first kappa shape index (κ1) is 25.1. The molecule has 0 spiro atoms. The van der Waals surface area contributed by atoms with E-state index in [1.54, 1.807) is 6.08 Å². The molecule has 172 valence electrons. The van der Waals surface area contributed by atoms with Gasteiger partial charge in [-0.05, 0) is 79.6 Å². The number of methoxy groups -OCH3 is 1. The first-order valence-corrected chi connectivity index (χ1v) is 11.8. The van der Waals surface area contributed by atoms with Crippen molar-refractivity contribution < 1.29 is 82.1 Å². The molecule has 4 saturated carbocycles. The molecule has 6 nitrogen and oxygen atoms in total. The molecule has 5 aliphatic carbocycles. The minimum absolute atomic E-state index is 0. The molecule has 32 heavy (non-hydrogen) atoms. The van der Waals surface area contributed by atoms with Gasteiger partial charge in [0.05, 0.1) is 18.6 Å². The van der Waals surface area contributed by atoms with Crippen LogP contribution in [0.5, 0.6) is 0 Å². The Morgan fingerprint density at radius 1 is 1.25 bits per heavy atom. The van der Waals surface area contributed by atoms with Crippen molar-refractivity contribution in [3.63, 3.8) is 0 Å². The van der Waals surface area contributed by atoms with E-state index in [-0.39, 0.29) is 118 Å².